The summed E-state index contributed by atoms with van der Waals surface area (Å²) >= 11 is 1.77. The highest BCUT2D eigenvalue weighted by Gasteiger charge is 2.39. The molecule has 18 heavy (non-hydrogen) atoms. The molecule has 1 aliphatic heterocycles. The van der Waals surface area contributed by atoms with Crippen molar-refractivity contribution in [1.82, 2.24) is 4.90 Å². The van der Waals surface area contributed by atoms with E-state index in [1.807, 2.05) is 6.92 Å². The Morgan fingerprint density at radius 2 is 2.44 bits per heavy atom. The molecule has 2 heterocycles. The molecule has 0 amide bonds. The Morgan fingerprint density at radius 1 is 1.67 bits per heavy atom. The minimum atomic E-state index is -0.659. The zero-order chi connectivity index (χ0) is 13.2. The number of nitrogens with zero attached hydrogens (tertiary/aromatic N) is 1. The van der Waals surface area contributed by atoms with Gasteiger partial charge in [-0.05, 0) is 44.2 Å². The summed E-state index contributed by atoms with van der Waals surface area (Å²) in [5.41, 5.74) is -0.580. The van der Waals surface area contributed by atoms with Gasteiger partial charge in [0.1, 0.15) is 0 Å². The molecule has 0 bridgehead atoms. The Balaban J connectivity index is 2.15. The molecule has 0 spiro atoms. The summed E-state index contributed by atoms with van der Waals surface area (Å²) in [7, 11) is 0. The van der Waals surface area contributed by atoms with Crippen molar-refractivity contribution in [3.63, 3.8) is 0 Å². The van der Waals surface area contributed by atoms with Crippen LogP contribution in [0.5, 0.6) is 0 Å². The molecule has 1 aromatic rings. The van der Waals surface area contributed by atoms with Gasteiger partial charge < -0.3 is 5.11 Å². The molecule has 4 heteroatoms. The van der Waals surface area contributed by atoms with E-state index < -0.39 is 11.4 Å². The molecule has 100 valence electrons. The maximum absolute atomic E-state index is 11.4. The number of hydrogen-bond acceptors (Lipinski definition) is 3. The molecule has 1 saturated heterocycles. The third-order valence-corrected chi connectivity index (χ3v) is 4.91. The number of carbonyl (C=O) groups is 1. The topological polar surface area (TPSA) is 40.5 Å². The van der Waals surface area contributed by atoms with Gasteiger partial charge in [0.2, 0.25) is 0 Å². The van der Waals surface area contributed by atoms with Crippen molar-refractivity contribution in [3.05, 3.63) is 22.4 Å². The van der Waals surface area contributed by atoms with Crippen molar-refractivity contribution in [3.8, 4) is 0 Å². The van der Waals surface area contributed by atoms with Gasteiger partial charge in [0, 0.05) is 17.5 Å². The van der Waals surface area contributed by atoms with E-state index in [4.69, 9.17) is 0 Å². The van der Waals surface area contributed by atoms with Crippen molar-refractivity contribution < 1.29 is 9.90 Å². The molecule has 1 aromatic heterocycles. The average Bonchev–Trinajstić information content (AvgIpc) is 2.84. The minimum Gasteiger partial charge on any atom is -0.481 e. The third-order valence-electron chi connectivity index (χ3n) is 3.94. The minimum absolute atomic E-state index is 0.379. The van der Waals surface area contributed by atoms with Gasteiger partial charge in [-0.25, -0.2) is 0 Å². The number of piperidine rings is 1. The lowest BCUT2D eigenvalue weighted by Gasteiger charge is -2.41. The van der Waals surface area contributed by atoms with Crippen molar-refractivity contribution in [2.75, 3.05) is 13.1 Å². The summed E-state index contributed by atoms with van der Waals surface area (Å²) in [6.07, 6.45) is 2.81. The Labute approximate surface area is 112 Å². The lowest BCUT2D eigenvalue weighted by atomic mass is 9.81. The predicted molar refractivity (Wildman–Crippen MR) is 73.9 cm³/mol. The van der Waals surface area contributed by atoms with E-state index in [2.05, 4.69) is 29.3 Å². The van der Waals surface area contributed by atoms with Crippen molar-refractivity contribution in [2.24, 2.45) is 5.41 Å². The van der Waals surface area contributed by atoms with Crippen LogP contribution in [0.1, 0.15) is 44.0 Å². The Kier molecular flexibility index (Phi) is 4.07. The molecule has 2 rings (SSSR count). The van der Waals surface area contributed by atoms with Crippen molar-refractivity contribution >= 4 is 17.3 Å². The zero-order valence-electron chi connectivity index (χ0n) is 11.1. The lowest BCUT2D eigenvalue weighted by Crippen LogP contribution is -2.47. The molecule has 0 saturated carbocycles. The second-order valence-electron chi connectivity index (χ2n) is 5.38. The summed E-state index contributed by atoms with van der Waals surface area (Å²) < 4.78 is 0. The van der Waals surface area contributed by atoms with Crippen LogP contribution in [0.4, 0.5) is 0 Å². The molecule has 1 N–H and O–H groups in total. The van der Waals surface area contributed by atoms with Crippen molar-refractivity contribution in [2.45, 2.75) is 39.2 Å². The first-order valence-electron chi connectivity index (χ1n) is 6.57. The number of likely N-dealkylation sites (tertiary alicyclic amines) is 1. The van der Waals surface area contributed by atoms with Gasteiger partial charge in [-0.2, -0.15) is 0 Å². The number of rotatable bonds is 4. The summed E-state index contributed by atoms with van der Waals surface area (Å²) in [5, 5.41) is 11.5. The highest BCUT2D eigenvalue weighted by Crippen LogP contribution is 2.36. The number of thiophene rings is 1. The largest absolute Gasteiger partial charge is 0.481 e. The lowest BCUT2D eigenvalue weighted by molar-refractivity contribution is -0.151. The quantitative estimate of drug-likeness (QED) is 0.909. The van der Waals surface area contributed by atoms with E-state index >= 15 is 0 Å². The van der Waals surface area contributed by atoms with E-state index in [-0.39, 0.29) is 0 Å². The van der Waals surface area contributed by atoms with Crippen LogP contribution in [0, 0.1) is 5.41 Å². The fourth-order valence-electron chi connectivity index (χ4n) is 2.84. The second kappa shape index (κ2) is 5.41. The standard InChI is InChI=1S/C14H21NO2S/c1-3-11(12-6-4-9-18-12)15-8-5-7-14(2,10-15)13(16)17/h4,6,9,11H,3,5,7-8,10H2,1-2H3,(H,16,17). The molecule has 3 nitrogen and oxygen atoms in total. The smallest absolute Gasteiger partial charge is 0.310 e. The molecule has 0 radical (unpaired) electrons. The average molecular weight is 267 g/mol. The normalized spacial score (nSPS) is 27.0. The highest BCUT2D eigenvalue weighted by atomic mass is 32.1. The van der Waals surface area contributed by atoms with E-state index in [0.29, 0.717) is 12.6 Å². The number of carboxylic acid groups (broad SMARTS) is 1. The van der Waals surface area contributed by atoms with Crippen LogP contribution >= 0.6 is 11.3 Å². The van der Waals surface area contributed by atoms with Crippen LogP contribution in [0.3, 0.4) is 0 Å². The van der Waals surface area contributed by atoms with E-state index in [1.54, 1.807) is 11.3 Å². The van der Waals surface area contributed by atoms with Crippen LogP contribution in [0.15, 0.2) is 17.5 Å². The molecule has 1 aliphatic rings. The third kappa shape index (κ3) is 2.59. The van der Waals surface area contributed by atoms with Gasteiger partial charge in [0.15, 0.2) is 0 Å². The zero-order valence-corrected chi connectivity index (χ0v) is 11.9. The molecular formula is C14H21NO2S. The van der Waals surface area contributed by atoms with Gasteiger partial charge >= 0.3 is 5.97 Å². The van der Waals surface area contributed by atoms with Crippen LogP contribution in [0.25, 0.3) is 0 Å². The molecular weight excluding hydrogens is 246 g/mol. The Morgan fingerprint density at radius 3 is 3.00 bits per heavy atom. The maximum Gasteiger partial charge on any atom is 0.310 e. The first-order chi connectivity index (χ1) is 8.57. The first-order valence-corrected chi connectivity index (χ1v) is 7.45. The fraction of sp³-hybridized carbons (Fsp3) is 0.643. The Hall–Kier alpha value is -0.870. The number of aliphatic carboxylic acids is 1. The summed E-state index contributed by atoms with van der Waals surface area (Å²) in [6.45, 7) is 5.73. The SMILES string of the molecule is CCC(c1cccs1)N1CCCC(C)(C(=O)O)C1. The first kappa shape index (κ1) is 13.6. The highest BCUT2D eigenvalue weighted by molar-refractivity contribution is 7.10. The molecule has 0 aliphatic carbocycles. The van der Waals surface area contributed by atoms with Crippen LogP contribution in [-0.4, -0.2) is 29.1 Å². The van der Waals surface area contributed by atoms with Gasteiger partial charge in [-0.1, -0.05) is 13.0 Å². The molecule has 2 unspecified atom stereocenters. The van der Waals surface area contributed by atoms with E-state index in [0.717, 1.165) is 25.8 Å². The van der Waals surface area contributed by atoms with Crippen LogP contribution in [-0.2, 0) is 4.79 Å². The number of carboxylic acids is 1. The van der Waals surface area contributed by atoms with Gasteiger partial charge in [0.25, 0.3) is 0 Å². The van der Waals surface area contributed by atoms with Crippen LogP contribution < -0.4 is 0 Å². The van der Waals surface area contributed by atoms with Gasteiger partial charge in [-0.3, -0.25) is 9.69 Å². The summed E-state index contributed by atoms with van der Waals surface area (Å²) in [6, 6.07) is 4.61. The monoisotopic (exact) mass is 267 g/mol. The van der Waals surface area contributed by atoms with Crippen LogP contribution in [0.2, 0.25) is 0 Å². The van der Waals surface area contributed by atoms with E-state index in [9.17, 15) is 9.90 Å². The fourth-order valence-corrected chi connectivity index (χ4v) is 3.78. The molecule has 0 aromatic carbocycles. The maximum atomic E-state index is 11.4. The second-order valence-corrected chi connectivity index (χ2v) is 6.36. The molecule has 1 fully saturated rings. The number of hydrogen-bond donors (Lipinski definition) is 1. The van der Waals surface area contributed by atoms with Gasteiger partial charge in [-0.15, -0.1) is 11.3 Å². The predicted octanol–water partition coefficient (Wildman–Crippen LogP) is 3.39. The van der Waals surface area contributed by atoms with Gasteiger partial charge in [0.05, 0.1) is 5.41 Å². The Bertz CT molecular complexity index is 404. The molecule has 2 atom stereocenters. The summed E-state index contributed by atoms with van der Waals surface area (Å²) in [5.74, 6) is -0.659. The summed E-state index contributed by atoms with van der Waals surface area (Å²) in [4.78, 5) is 15.1. The van der Waals surface area contributed by atoms with E-state index in [1.165, 1.54) is 4.88 Å². The van der Waals surface area contributed by atoms with Crippen molar-refractivity contribution in [1.29, 1.82) is 0 Å².